The van der Waals surface area contributed by atoms with Crippen LogP contribution in [0.5, 0.6) is 0 Å². The molecule has 1 amide bonds. The van der Waals surface area contributed by atoms with E-state index in [1.54, 1.807) is 0 Å². The van der Waals surface area contributed by atoms with Gasteiger partial charge in [0.15, 0.2) is 0 Å². The number of hydrogen-bond acceptors (Lipinski definition) is 2. The van der Waals surface area contributed by atoms with Gasteiger partial charge in [0.25, 0.3) is 0 Å². The van der Waals surface area contributed by atoms with Crippen LogP contribution in [-0.2, 0) is 10.2 Å². The van der Waals surface area contributed by atoms with Gasteiger partial charge in [-0.05, 0) is 51.1 Å². The molecule has 0 aromatic heterocycles. The van der Waals surface area contributed by atoms with Gasteiger partial charge >= 0.3 is 0 Å². The fourth-order valence-electron chi connectivity index (χ4n) is 3.43. The van der Waals surface area contributed by atoms with Crippen molar-refractivity contribution in [3.05, 3.63) is 35.9 Å². The van der Waals surface area contributed by atoms with E-state index in [4.69, 9.17) is 0 Å². The minimum absolute atomic E-state index is 0.225. The third kappa shape index (κ3) is 2.98. The summed E-state index contributed by atoms with van der Waals surface area (Å²) in [6.45, 7) is 7.61. The van der Waals surface area contributed by atoms with Crippen LogP contribution in [0.15, 0.2) is 30.3 Å². The number of carbonyl (C=O) groups excluding carboxylic acids is 1. The van der Waals surface area contributed by atoms with E-state index in [-0.39, 0.29) is 11.3 Å². The van der Waals surface area contributed by atoms with Crippen molar-refractivity contribution in [2.24, 2.45) is 5.92 Å². The SMILES string of the molecule is CC(C)N1CC[C@H](CNC(=O)C2(c3ccccc3)CC2)C1. The normalized spacial score (nSPS) is 24.2. The highest BCUT2D eigenvalue weighted by molar-refractivity contribution is 5.91. The molecular formula is C18H26N2O. The van der Waals surface area contributed by atoms with Gasteiger partial charge in [-0.1, -0.05) is 30.3 Å². The monoisotopic (exact) mass is 286 g/mol. The van der Waals surface area contributed by atoms with Gasteiger partial charge in [0.05, 0.1) is 5.41 Å². The highest BCUT2D eigenvalue weighted by atomic mass is 16.2. The lowest BCUT2D eigenvalue weighted by atomic mass is 9.95. The van der Waals surface area contributed by atoms with Crippen LogP contribution in [0.4, 0.5) is 0 Å². The predicted octanol–water partition coefficient (Wildman–Crippen LogP) is 2.56. The standard InChI is InChI=1S/C18H26N2O/c1-14(2)20-11-8-15(13-20)12-19-17(21)18(9-10-18)16-6-4-3-5-7-16/h3-7,14-15H,8-13H2,1-2H3,(H,19,21)/t15-/m1/s1. The van der Waals surface area contributed by atoms with Crippen LogP contribution in [0, 0.1) is 5.92 Å². The summed E-state index contributed by atoms with van der Waals surface area (Å²) in [5, 5.41) is 3.22. The molecule has 3 nitrogen and oxygen atoms in total. The van der Waals surface area contributed by atoms with Gasteiger partial charge in [0, 0.05) is 19.1 Å². The lowest BCUT2D eigenvalue weighted by Gasteiger charge is -2.21. The number of nitrogens with one attached hydrogen (secondary N) is 1. The van der Waals surface area contributed by atoms with Crippen LogP contribution in [-0.4, -0.2) is 36.5 Å². The van der Waals surface area contributed by atoms with E-state index in [0.717, 1.165) is 25.9 Å². The number of likely N-dealkylation sites (tertiary alicyclic amines) is 1. The molecule has 0 unspecified atom stereocenters. The summed E-state index contributed by atoms with van der Waals surface area (Å²) >= 11 is 0. The van der Waals surface area contributed by atoms with E-state index < -0.39 is 0 Å². The molecule has 114 valence electrons. The summed E-state index contributed by atoms with van der Waals surface area (Å²) in [4.78, 5) is 15.1. The van der Waals surface area contributed by atoms with Crippen molar-refractivity contribution < 1.29 is 4.79 Å². The van der Waals surface area contributed by atoms with E-state index in [0.29, 0.717) is 12.0 Å². The highest BCUT2D eigenvalue weighted by Crippen LogP contribution is 2.48. The average Bonchev–Trinajstić information content (AvgIpc) is 3.17. The molecule has 0 radical (unpaired) electrons. The first-order valence-corrected chi connectivity index (χ1v) is 8.20. The van der Waals surface area contributed by atoms with Gasteiger partial charge in [0.2, 0.25) is 5.91 Å². The quantitative estimate of drug-likeness (QED) is 0.902. The van der Waals surface area contributed by atoms with Crippen LogP contribution in [0.2, 0.25) is 0 Å². The maximum atomic E-state index is 12.6. The Labute approximate surface area is 127 Å². The summed E-state index contributed by atoms with van der Waals surface area (Å²) in [6.07, 6.45) is 3.19. The summed E-state index contributed by atoms with van der Waals surface area (Å²) in [5.74, 6) is 0.847. The summed E-state index contributed by atoms with van der Waals surface area (Å²) in [6, 6.07) is 10.9. The van der Waals surface area contributed by atoms with Crippen molar-refractivity contribution in [3.8, 4) is 0 Å². The van der Waals surface area contributed by atoms with Gasteiger partial charge in [-0.25, -0.2) is 0 Å². The first-order chi connectivity index (χ1) is 10.1. The molecule has 3 rings (SSSR count). The van der Waals surface area contributed by atoms with Gasteiger partial charge in [0.1, 0.15) is 0 Å². The average molecular weight is 286 g/mol. The molecule has 1 saturated carbocycles. The molecule has 1 aromatic carbocycles. The Bertz CT molecular complexity index is 493. The van der Waals surface area contributed by atoms with Crippen LogP contribution < -0.4 is 5.32 Å². The molecule has 2 fully saturated rings. The Morgan fingerprint density at radius 2 is 2.05 bits per heavy atom. The van der Waals surface area contributed by atoms with E-state index in [1.807, 2.05) is 18.2 Å². The smallest absolute Gasteiger partial charge is 0.230 e. The number of benzene rings is 1. The van der Waals surface area contributed by atoms with E-state index in [1.165, 1.54) is 18.5 Å². The number of hydrogen-bond donors (Lipinski definition) is 1. The molecular weight excluding hydrogens is 260 g/mol. The first-order valence-electron chi connectivity index (χ1n) is 8.20. The largest absolute Gasteiger partial charge is 0.355 e. The second kappa shape index (κ2) is 5.80. The zero-order chi connectivity index (χ0) is 14.9. The Morgan fingerprint density at radius 1 is 1.33 bits per heavy atom. The second-order valence-electron chi connectivity index (χ2n) is 6.90. The second-order valence-corrected chi connectivity index (χ2v) is 6.90. The molecule has 1 N–H and O–H groups in total. The molecule has 1 atom stereocenters. The lowest BCUT2D eigenvalue weighted by molar-refractivity contribution is -0.123. The minimum Gasteiger partial charge on any atom is -0.355 e. The Morgan fingerprint density at radius 3 is 2.62 bits per heavy atom. The fraction of sp³-hybridized carbons (Fsp3) is 0.611. The molecule has 3 heteroatoms. The Kier molecular flexibility index (Phi) is 4.03. The Balaban J connectivity index is 1.54. The van der Waals surface area contributed by atoms with E-state index in [9.17, 15) is 4.79 Å². The highest BCUT2D eigenvalue weighted by Gasteiger charge is 2.51. The third-order valence-corrected chi connectivity index (χ3v) is 5.11. The van der Waals surface area contributed by atoms with Crippen LogP contribution in [0.1, 0.15) is 38.7 Å². The molecule has 0 bridgehead atoms. The molecule has 1 aromatic rings. The Hall–Kier alpha value is -1.35. The van der Waals surface area contributed by atoms with Crippen molar-refractivity contribution in [1.29, 1.82) is 0 Å². The van der Waals surface area contributed by atoms with Crippen molar-refractivity contribution in [1.82, 2.24) is 10.2 Å². The summed E-state index contributed by atoms with van der Waals surface area (Å²) in [7, 11) is 0. The van der Waals surface area contributed by atoms with Gasteiger partial charge in [-0.15, -0.1) is 0 Å². The lowest BCUT2D eigenvalue weighted by Crippen LogP contribution is -2.38. The fourth-order valence-corrected chi connectivity index (χ4v) is 3.43. The van der Waals surface area contributed by atoms with E-state index >= 15 is 0 Å². The van der Waals surface area contributed by atoms with Gasteiger partial charge < -0.3 is 10.2 Å². The predicted molar refractivity (Wildman–Crippen MR) is 85.2 cm³/mol. The molecule has 1 aliphatic carbocycles. The zero-order valence-corrected chi connectivity index (χ0v) is 13.1. The van der Waals surface area contributed by atoms with Crippen molar-refractivity contribution in [2.45, 2.75) is 44.6 Å². The molecule has 1 heterocycles. The number of carbonyl (C=O) groups is 1. The molecule has 21 heavy (non-hydrogen) atoms. The zero-order valence-electron chi connectivity index (χ0n) is 13.1. The summed E-state index contributed by atoms with van der Waals surface area (Å²) < 4.78 is 0. The van der Waals surface area contributed by atoms with E-state index in [2.05, 4.69) is 36.2 Å². The number of amides is 1. The third-order valence-electron chi connectivity index (χ3n) is 5.11. The number of rotatable bonds is 5. The van der Waals surface area contributed by atoms with Crippen molar-refractivity contribution >= 4 is 5.91 Å². The first kappa shape index (κ1) is 14.6. The maximum absolute atomic E-state index is 12.6. The summed E-state index contributed by atoms with van der Waals surface area (Å²) in [5.41, 5.74) is 0.954. The van der Waals surface area contributed by atoms with Gasteiger partial charge in [-0.2, -0.15) is 0 Å². The van der Waals surface area contributed by atoms with Crippen LogP contribution in [0.25, 0.3) is 0 Å². The minimum atomic E-state index is -0.225. The molecule has 1 saturated heterocycles. The van der Waals surface area contributed by atoms with Crippen molar-refractivity contribution in [3.63, 3.8) is 0 Å². The van der Waals surface area contributed by atoms with Crippen molar-refractivity contribution in [2.75, 3.05) is 19.6 Å². The maximum Gasteiger partial charge on any atom is 0.230 e. The molecule has 2 aliphatic rings. The van der Waals surface area contributed by atoms with Crippen LogP contribution >= 0.6 is 0 Å². The van der Waals surface area contributed by atoms with Crippen LogP contribution in [0.3, 0.4) is 0 Å². The van der Waals surface area contributed by atoms with Gasteiger partial charge in [-0.3, -0.25) is 4.79 Å². The topological polar surface area (TPSA) is 32.3 Å². The molecule has 1 aliphatic heterocycles. The number of nitrogens with zero attached hydrogens (tertiary/aromatic N) is 1. The molecule has 0 spiro atoms.